The minimum absolute atomic E-state index is 0.0435. The summed E-state index contributed by atoms with van der Waals surface area (Å²) in [5.74, 6) is -0.156. The number of ether oxygens (including phenoxy) is 1. The van der Waals surface area contributed by atoms with E-state index in [1.54, 1.807) is 7.05 Å². The molecular formula is C19H14ClF4N5OS. The molecule has 2 aromatic carbocycles. The largest absolute Gasteiger partial charge is 0.436 e. The van der Waals surface area contributed by atoms with Gasteiger partial charge in [0.25, 0.3) is 0 Å². The van der Waals surface area contributed by atoms with Crippen molar-refractivity contribution in [3.05, 3.63) is 65.2 Å². The van der Waals surface area contributed by atoms with Gasteiger partial charge in [-0.1, -0.05) is 11.6 Å². The second-order valence-corrected chi connectivity index (χ2v) is 6.83. The minimum Gasteiger partial charge on any atom is -0.436 e. The van der Waals surface area contributed by atoms with Gasteiger partial charge in [0.05, 0.1) is 10.6 Å². The summed E-state index contributed by atoms with van der Waals surface area (Å²) in [4.78, 5) is 7.83. The fourth-order valence-electron chi connectivity index (χ4n) is 2.42. The van der Waals surface area contributed by atoms with Gasteiger partial charge in [0, 0.05) is 30.6 Å². The molecule has 1 aromatic heterocycles. The Balaban J connectivity index is 1.68. The van der Waals surface area contributed by atoms with E-state index in [2.05, 4.69) is 25.9 Å². The van der Waals surface area contributed by atoms with Crippen LogP contribution in [0.1, 0.15) is 5.56 Å². The molecule has 0 aliphatic rings. The molecule has 0 amide bonds. The van der Waals surface area contributed by atoms with Crippen molar-refractivity contribution < 1.29 is 22.3 Å². The molecule has 6 nitrogen and oxygen atoms in total. The average molecular weight is 472 g/mol. The van der Waals surface area contributed by atoms with Crippen LogP contribution in [0.4, 0.5) is 34.8 Å². The smallest absolute Gasteiger partial charge is 0.417 e. The Kier molecular flexibility index (Phi) is 6.76. The van der Waals surface area contributed by atoms with Crippen molar-refractivity contribution in [1.29, 1.82) is 0 Å². The summed E-state index contributed by atoms with van der Waals surface area (Å²) in [6, 6.07) is 8.71. The molecule has 0 radical (unpaired) electrons. The molecule has 0 unspecified atom stereocenters. The van der Waals surface area contributed by atoms with Gasteiger partial charge in [-0.05, 0) is 42.5 Å². The lowest BCUT2D eigenvalue weighted by Gasteiger charge is -2.14. The Labute approximate surface area is 184 Å². The van der Waals surface area contributed by atoms with Crippen LogP contribution in [-0.2, 0) is 6.18 Å². The van der Waals surface area contributed by atoms with Gasteiger partial charge in [-0.15, -0.1) is 0 Å². The highest BCUT2D eigenvalue weighted by atomic mass is 35.5. The Bertz CT molecular complexity index is 1110. The fraction of sp³-hybridized carbons (Fsp3) is 0.105. The number of rotatable bonds is 5. The topological polar surface area (TPSA) is 71.1 Å². The molecule has 0 bridgehead atoms. The number of nitrogens with zero attached hydrogens (tertiary/aromatic N) is 2. The molecule has 3 N–H and O–H groups in total. The summed E-state index contributed by atoms with van der Waals surface area (Å²) in [6.45, 7) is 0. The summed E-state index contributed by atoms with van der Waals surface area (Å²) >= 11 is 10.7. The van der Waals surface area contributed by atoms with Crippen LogP contribution in [0.5, 0.6) is 11.6 Å². The monoisotopic (exact) mass is 471 g/mol. The highest BCUT2D eigenvalue weighted by molar-refractivity contribution is 7.80. The standard InChI is InChI=1S/C19H14ClF4N5OS/c1-25-16-8-17(27-9-26-16)30-15-5-3-11(7-14(15)21)29-18(31)28-10-2-4-13(20)12(6-10)19(22,23)24/h2-9H,1H3,(H,25,26,27)(H2,28,29,31). The molecule has 31 heavy (non-hydrogen) atoms. The molecule has 0 aliphatic heterocycles. The molecule has 0 saturated heterocycles. The van der Waals surface area contributed by atoms with Crippen molar-refractivity contribution in [1.82, 2.24) is 9.97 Å². The molecule has 0 spiro atoms. The summed E-state index contributed by atoms with van der Waals surface area (Å²) < 4.78 is 58.7. The molecule has 3 rings (SSSR count). The van der Waals surface area contributed by atoms with Crippen molar-refractivity contribution in [3.8, 4) is 11.6 Å². The van der Waals surface area contributed by atoms with Gasteiger partial charge in [-0.2, -0.15) is 13.2 Å². The molecule has 3 aromatic rings. The number of alkyl halides is 3. The third kappa shape index (κ3) is 5.92. The van der Waals surface area contributed by atoms with Gasteiger partial charge in [0.2, 0.25) is 5.88 Å². The normalized spacial score (nSPS) is 11.0. The number of halogens is 5. The van der Waals surface area contributed by atoms with Crippen molar-refractivity contribution in [2.45, 2.75) is 6.18 Å². The molecule has 1 heterocycles. The van der Waals surface area contributed by atoms with Crippen molar-refractivity contribution >= 4 is 46.1 Å². The van der Waals surface area contributed by atoms with E-state index >= 15 is 0 Å². The van der Waals surface area contributed by atoms with E-state index in [-0.39, 0.29) is 28.1 Å². The first-order chi connectivity index (χ1) is 14.7. The molecule has 0 fully saturated rings. The van der Waals surface area contributed by atoms with Crippen molar-refractivity contribution in [2.75, 3.05) is 23.0 Å². The van der Waals surface area contributed by atoms with Gasteiger partial charge < -0.3 is 20.7 Å². The fourth-order valence-corrected chi connectivity index (χ4v) is 2.88. The number of hydrogen-bond acceptors (Lipinski definition) is 5. The molecule has 162 valence electrons. The molecule has 0 atom stereocenters. The van der Waals surface area contributed by atoms with Gasteiger partial charge in [-0.3, -0.25) is 0 Å². The maximum Gasteiger partial charge on any atom is 0.417 e. The van der Waals surface area contributed by atoms with E-state index in [0.717, 1.165) is 18.2 Å². The average Bonchev–Trinajstić information content (AvgIpc) is 2.71. The number of aromatic nitrogens is 2. The first-order valence-electron chi connectivity index (χ1n) is 8.57. The Morgan fingerprint density at radius 2 is 1.71 bits per heavy atom. The van der Waals surface area contributed by atoms with Crippen LogP contribution in [0, 0.1) is 5.82 Å². The van der Waals surface area contributed by atoms with Crippen LogP contribution in [0.3, 0.4) is 0 Å². The predicted octanol–water partition coefficient (Wildman–Crippen LogP) is 5.93. The van der Waals surface area contributed by atoms with E-state index in [1.807, 2.05) is 0 Å². The number of benzene rings is 2. The van der Waals surface area contributed by atoms with E-state index in [1.165, 1.54) is 30.6 Å². The van der Waals surface area contributed by atoms with Gasteiger partial charge >= 0.3 is 6.18 Å². The zero-order chi connectivity index (χ0) is 22.6. The van der Waals surface area contributed by atoms with Crippen LogP contribution >= 0.6 is 23.8 Å². The summed E-state index contributed by atoms with van der Waals surface area (Å²) in [6.07, 6.45) is -3.35. The second-order valence-electron chi connectivity index (χ2n) is 6.01. The van der Waals surface area contributed by atoms with E-state index in [9.17, 15) is 17.6 Å². The number of anilines is 3. The SMILES string of the molecule is CNc1cc(Oc2ccc(NC(=S)Nc3ccc(Cl)c(C(F)(F)F)c3)cc2F)ncn1. The lowest BCUT2D eigenvalue weighted by Crippen LogP contribution is -2.19. The van der Waals surface area contributed by atoms with Crippen LogP contribution in [-0.4, -0.2) is 22.1 Å². The van der Waals surface area contributed by atoms with Crippen molar-refractivity contribution in [3.63, 3.8) is 0 Å². The first kappa shape index (κ1) is 22.5. The van der Waals surface area contributed by atoms with Gasteiger partial charge in [0.15, 0.2) is 16.7 Å². The number of hydrogen-bond donors (Lipinski definition) is 3. The van der Waals surface area contributed by atoms with Gasteiger partial charge in [0.1, 0.15) is 12.1 Å². The van der Waals surface area contributed by atoms with E-state index in [0.29, 0.717) is 5.82 Å². The molecule has 0 saturated carbocycles. The zero-order valence-electron chi connectivity index (χ0n) is 15.7. The lowest BCUT2D eigenvalue weighted by molar-refractivity contribution is -0.137. The van der Waals surface area contributed by atoms with Crippen LogP contribution < -0.4 is 20.7 Å². The third-order valence-corrected chi connectivity index (χ3v) is 4.37. The summed E-state index contributed by atoms with van der Waals surface area (Å²) in [5, 5.41) is 7.62. The molecule has 0 aliphatic carbocycles. The summed E-state index contributed by atoms with van der Waals surface area (Å²) in [5.41, 5.74) is -0.676. The Hall–Kier alpha value is -3.18. The third-order valence-electron chi connectivity index (χ3n) is 3.83. The first-order valence-corrected chi connectivity index (χ1v) is 9.36. The van der Waals surface area contributed by atoms with E-state index < -0.39 is 22.6 Å². The second kappa shape index (κ2) is 9.31. The summed E-state index contributed by atoms with van der Waals surface area (Å²) in [7, 11) is 1.66. The van der Waals surface area contributed by atoms with Crippen LogP contribution in [0.15, 0.2) is 48.8 Å². The lowest BCUT2D eigenvalue weighted by atomic mass is 10.2. The Morgan fingerprint density at radius 1 is 1.03 bits per heavy atom. The minimum atomic E-state index is -4.61. The highest BCUT2D eigenvalue weighted by Crippen LogP contribution is 2.36. The molecular weight excluding hydrogens is 458 g/mol. The maximum atomic E-state index is 14.4. The molecule has 12 heteroatoms. The van der Waals surface area contributed by atoms with Crippen LogP contribution in [0.2, 0.25) is 5.02 Å². The van der Waals surface area contributed by atoms with Crippen molar-refractivity contribution in [2.24, 2.45) is 0 Å². The maximum absolute atomic E-state index is 14.4. The number of nitrogens with one attached hydrogen (secondary N) is 3. The number of thiocarbonyl (C=S) groups is 1. The van der Waals surface area contributed by atoms with Crippen LogP contribution in [0.25, 0.3) is 0 Å². The Morgan fingerprint density at radius 3 is 2.35 bits per heavy atom. The quantitative estimate of drug-likeness (QED) is 0.314. The highest BCUT2D eigenvalue weighted by Gasteiger charge is 2.33. The van der Waals surface area contributed by atoms with Gasteiger partial charge in [-0.25, -0.2) is 14.4 Å². The van der Waals surface area contributed by atoms with E-state index in [4.69, 9.17) is 28.6 Å². The zero-order valence-corrected chi connectivity index (χ0v) is 17.3. The predicted molar refractivity (Wildman–Crippen MR) is 114 cm³/mol.